The smallest absolute Gasteiger partial charge is 0.238 e. The first-order valence-electron chi connectivity index (χ1n) is 6.22. The number of methoxy groups -OCH3 is 1. The maximum absolute atomic E-state index is 11.6. The monoisotopic (exact) mass is 284 g/mol. The summed E-state index contributed by atoms with van der Waals surface area (Å²) < 4.78 is 28.6. The summed E-state index contributed by atoms with van der Waals surface area (Å²) in [6.45, 7) is 0. The van der Waals surface area contributed by atoms with E-state index in [1.54, 1.807) is 19.2 Å². The number of nitrogens with zero attached hydrogens (tertiary/aromatic N) is 1. The van der Waals surface area contributed by atoms with Crippen molar-refractivity contribution in [3.05, 3.63) is 23.3 Å². The van der Waals surface area contributed by atoms with Gasteiger partial charge in [0.05, 0.1) is 12.0 Å². The molecule has 0 saturated heterocycles. The fourth-order valence-corrected chi connectivity index (χ4v) is 3.52. The van der Waals surface area contributed by atoms with E-state index in [4.69, 9.17) is 9.88 Å². The minimum Gasteiger partial charge on any atom is -0.496 e. The van der Waals surface area contributed by atoms with Gasteiger partial charge in [0.15, 0.2) is 0 Å². The van der Waals surface area contributed by atoms with E-state index in [-0.39, 0.29) is 4.90 Å². The third-order valence-corrected chi connectivity index (χ3v) is 4.76. The van der Waals surface area contributed by atoms with Gasteiger partial charge in [0, 0.05) is 11.6 Å². The Balaban J connectivity index is 2.55. The van der Waals surface area contributed by atoms with Crippen LogP contribution < -0.4 is 9.88 Å². The lowest BCUT2D eigenvalue weighted by Gasteiger charge is -2.31. The molecule has 5 nitrogen and oxygen atoms in total. The lowest BCUT2D eigenvalue weighted by atomic mass is 9.87. The number of rotatable bonds is 3. The highest BCUT2D eigenvalue weighted by atomic mass is 32.2. The molecule has 1 aliphatic rings. The number of benzene rings is 1. The molecular formula is C13H20N2O3S. The molecule has 2 N–H and O–H groups in total. The van der Waals surface area contributed by atoms with Gasteiger partial charge in [0.25, 0.3) is 0 Å². The summed E-state index contributed by atoms with van der Waals surface area (Å²) in [5.41, 5.74) is 1.79. The standard InChI is InChI=1S/C13H20N2O3S/c1-15(2)9-4-5-10-11(8-9)12(18-3)6-7-13(10)19(14,16)17/h6-7,9H,4-5,8H2,1-3H3,(H2,14,16,17). The molecule has 1 aromatic carbocycles. The molecule has 0 fully saturated rings. The third kappa shape index (κ3) is 2.75. The van der Waals surface area contributed by atoms with E-state index in [1.807, 2.05) is 14.1 Å². The second kappa shape index (κ2) is 5.11. The summed E-state index contributed by atoms with van der Waals surface area (Å²) in [5.74, 6) is 0.744. The summed E-state index contributed by atoms with van der Waals surface area (Å²) in [6.07, 6.45) is 2.42. The Morgan fingerprint density at radius 2 is 2.00 bits per heavy atom. The van der Waals surface area contributed by atoms with Crippen molar-refractivity contribution in [1.29, 1.82) is 0 Å². The van der Waals surface area contributed by atoms with Gasteiger partial charge in [-0.25, -0.2) is 13.6 Å². The van der Waals surface area contributed by atoms with Crippen LogP contribution in [0.5, 0.6) is 5.75 Å². The van der Waals surface area contributed by atoms with Crippen LogP contribution in [0.2, 0.25) is 0 Å². The van der Waals surface area contributed by atoms with Crippen LogP contribution in [-0.2, 0) is 22.9 Å². The normalized spacial score (nSPS) is 19.3. The molecule has 6 heteroatoms. The van der Waals surface area contributed by atoms with Crippen molar-refractivity contribution in [1.82, 2.24) is 4.90 Å². The van der Waals surface area contributed by atoms with Crippen molar-refractivity contribution in [2.45, 2.75) is 30.2 Å². The van der Waals surface area contributed by atoms with Crippen LogP contribution in [0.4, 0.5) is 0 Å². The molecule has 106 valence electrons. The minimum absolute atomic E-state index is 0.237. The molecule has 0 heterocycles. The predicted molar refractivity (Wildman–Crippen MR) is 73.9 cm³/mol. The molecule has 2 rings (SSSR count). The second-order valence-electron chi connectivity index (χ2n) is 5.13. The molecule has 1 unspecified atom stereocenters. The van der Waals surface area contributed by atoms with Gasteiger partial charge in [-0.2, -0.15) is 0 Å². The number of sulfonamides is 1. The maximum Gasteiger partial charge on any atom is 0.238 e. The fourth-order valence-electron chi connectivity index (χ4n) is 2.70. The van der Waals surface area contributed by atoms with E-state index in [0.717, 1.165) is 29.7 Å². The molecule has 0 radical (unpaired) electrons. The average molecular weight is 284 g/mol. The number of ether oxygens (including phenoxy) is 1. The van der Waals surface area contributed by atoms with Crippen LogP contribution in [-0.4, -0.2) is 40.6 Å². The molecule has 0 bridgehead atoms. The van der Waals surface area contributed by atoms with E-state index in [1.165, 1.54) is 0 Å². The summed E-state index contributed by atoms with van der Waals surface area (Å²) in [5, 5.41) is 5.29. The van der Waals surface area contributed by atoms with Crippen molar-refractivity contribution in [2.75, 3.05) is 21.2 Å². The first kappa shape index (κ1) is 14.3. The van der Waals surface area contributed by atoms with Crippen LogP contribution in [0.1, 0.15) is 17.5 Å². The first-order valence-corrected chi connectivity index (χ1v) is 7.77. The summed E-state index contributed by atoms with van der Waals surface area (Å²) in [4.78, 5) is 2.40. The van der Waals surface area contributed by atoms with Gasteiger partial charge in [-0.1, -0.05) is 0 Å². The highest BCUT2D eigenvalue weighted by Gasteiger charge is 2.27. The highest BCUT2D eigenvalue weighted by molar-refractivity contribution is 7.89. The molecule has 0 aliphatic heterocycles. The van der Waals surface area contributed by atoms with Crippen LogP contribution >= 0.6 is 0 Å². The lowest BCUT2D eigenvalue weighted by Crippen LogP contribution is -2.34. The molecule has 0 spiro atoms. The quantitative estimate of drug-likeness (QED) is 0.889. The van der Waals surface area contributed by atoms with Crippen LogP contribution in [0, 0.1) is 0 Å². The van der Waals surface area contributed by atoms with Crippen LogP contribution in [0.25, 0.3) is 0 Å². The Kier molecular flexibility index (Phi) is 3.85. The zero-order chi connectivity index (χ0) is 14.2. The van der Waals surface area contributed by atoms with Crippen molar-refractivity contribution in [3.8, 4) is 5.75 Å². The lowest BCUT2D eigenvalue weighted by molar-refractivity contribution is 0.263. The fraction of sp³-hybridized carbons (Fsp3) is 0.538. The molecule has 0 aromatic heterocycles. The van der Waals surface area contributed by atoms with Crippen molar-refractivity contribution < 1.29 is 13.2 Å². The van der Waals surface area contributed by atoms with Gasteiger partial charge in [-0.15, -0.1) is 0 Å². The molecule has 0 amide bonds. The van der Waals surface area contributed by atoms with Gasteiger partial charge in [-0.3, -0.25) is 0 Å². The SMILES string of the molecule is COc1ccc(S(N)(=O)=O)c2c1CC(N(C)C)CC2. The number of primary sulfonamides is 1. The maximum atomic E-state index is 11.6. The Bertz CT molecular complexity index is 582. The van der Waals surface area contributed by atoms with Crippen molar-refractivity contribution >= 4 is 10.0 Å². The molecule has 1 aromatic rings. The van der Waals surface area contributed by atoms with E-state index in [2.05, 4.69) is 4.90 Å². The summed E-state index contributed by atoms with van der Waals surface area (Å²) in [6, 6.07) is 3.64. The number of likely N-dealkylation sites (N-methyl/N-ethyl adjacent to an activating group) is 1. The number of nitrogens with two attached hydrogens (primary N) is 1. The Morgan fingerprint density at radius 3 is 2.53 bits per heavy atom. The van der Waals surface area contributed by atoms with Gasteiger partial charge in [0.2, 0.25) is 10.0 Å². The predicted octanol–water partition coefficient (Wildman–Crippen LogP) is 0.761. The number of fused-ring (bicyclic) bond motifs is 1. The van der Waals surface area contributed by atoms with E-state index < -0.39 is 10.0 Å². The molecule has 19 heavy (non-hydrogen) atoms. The zero-order valence-corrected chi connectivity index (χ0v) is 12.3. The summed E-state index contributed by atoms with van der Waals surface area (Å²) in [7, 11) is 1.99. The van der Waals surface area contributed by atoms with Gasteiger partial charge >= 0.3 is 0 Å². The summed E-state index contributed by atoms with van der Waals surface area (Å²) >= 11 is 0. The first-order chi connectivity index (χ1) is 8.84. The van der Waals surface area contributed by atoms with Gasteiger partial charge in [-0.05, 0) is 51.1 Å². The Labute approximate surface area is 114 Å². The van der Waals surface area contributed by atoms with Crippen LogP contribution in [0.15, 0.2) is 17.0 Å². The van der Waals surface area contributed by atoms with E-state index in [9.17, 15) is 8.42 Å². The Morgan fingerprint density at radius 1 is 1.32 bits per heavy atom. The minimum atomic E-state index is -3.68. The van der Waals surface area contributed by atoms with E-state index >= 15 is 0 Å². The topological polar surface area (TPSA) is 72.6 Å². The molecule has 1 atom stereocenters. The largest absolute Gasteiger partial charge is 0.496 e. The zero-order valence-electron chi connectivity index (χ0n) is 11.5. The molecule has 1 aliphatic carbocycles. The molecular weight excluding hydrogens is 264 g/mol. The second-order valence-corrected chi connectivity index (χ2v) is 6.66. The Hall–Kier alpha value is -1.11. The molecule has 0 saturated carbocycles. The number of hydrogen-bond donors (Lipinski definition) is 1. The van der Waals surface area contributed by atoms with Crippen LogP contribution in [0.3, 0.4) is 0 Å². The third-order valence-electron chi connectivity index (χ3n) is 3.77. The average Bonchev–Trinajstić information content (AvgIpc) is 2.35. The van der Waals surface area contributed by atoms with Crippen molar-refractivity contribution in [3.63, 3.8) is 0 Å². The van der Waals surface area contributed by atoms with E-state index in [0.29, 0.717) is 12.5 Å². The van der Waals surface area contributed by atoms with Gasteiger partial charge in [0.1, 0.15) is 5.75 Å². The van der Waals surface area contributed by atoms with Gasteiger partial charge < -0.3 is 9.64 Å². The highest BCUT2D eigenvalue weighted by Crippen LogP contribution is 2.34. The van der Waals surface area contributed by atoms with Crippen molar-refractivity contribution in [2.24, 2.45) is 5.14 Å². The number of hydrogen-bond acceptors (Lipinski definition) is 4.